The molecule has 21 heavy (non-hydrogen) atoms. The zero-order chi connectivity index (χ0) is 14.7. The third-order valence-electron chi connectivity index (χ3n) is 3.00. The van der Waals surface area contributed by atoms with Crippen LogP contribution in [0.4, 0.5) is 17.5 Å². The summed E-state index contributed by atoms with van der Waals surface area (Å²) in [5.41, 5.74) is 8.78. The summed E-state index contributed by atoms with van der Waals surface area (Å²) in [6, 6.07) is 17.6. The lowest BCUT2D eigenvalue weighted by Crippen LogP contribution is -2.01. The number of nitrogens with two attached hydrogens (primary N) is 1. The van der Waals surface area contributed by atoms with E-state index in [-0.39, 0.29) is 0 Å². The number of nitrogen functional groups attached to an aromatic ring is 1. The van der Waals surface area contributed by atoms with Gasteiger partial charge in [0.05, 0.1) is 0 Å². The van der Waals surface area contributed by atoms with Crippen LogP contribution in [0, 0.1) is 0 Å². The molecule has 1 heterocycles. The number of nitrogens with zero attached hydrogens (tertiary/aromatic N) is 2. The van der Waals surface area contributed by atoms with Crippen LogP contribution >= 0.6 is 15.9 Å². The highest BCUT2D eigenvalue weighted by Crippen LogP contribution is 2.26. The highest BCUT2D eigenvalue weighted by molar-refractivity contribution is 9.10. The minimum Gasteiger partial charge on any atom is -0.383 e. The van der Waals surface area contributed by atoms with Crippen LogP contribution in [0.3, 0.4) is 0 Å². The summed E-state index contributed by atoms with van der Waals surface area (Å²) in [5.74, 6) is 0.935. The van der Waals surface area contributed by atoms with E-state index in [2.05, 4.69) is 31.2 Å². The maximum Gasteiger partial charge on any atom is 0.229 e. The standard InChI is InChI=1S/C16H13BrN4/c17-12-8-6-11(7-9-12)14-10-19-16(21-15(14)18)20-13-4-2-1-3-5-13/h1-10H,(H3,18,19,20,21). The molecule has 4 nitrogen and oxygen atoms in total. The number of anilines is 3. The van der Waals surface area contributed by atoms with Crippen molar-refractivity contribution in [1.29, 1.82) is 0 Å². The smallest absolute Gasteiger partial charge is 0.229 e. The number of para-hydroxylation sites is 1. The van der Waals surface area contributed by atoms with Crippen LogP contribution < -0.4 is 11.1 Å². The second-order valence-electron chi connectivity index (χ2n) is 4.49. The van der Waals surface area contributed by atoms with E-state index < -0.39 is 0 Å². The highest BCUT2D eigenvalue weighted by atomic mass is 79.9. The summed E-state index contributed by atoms with van der Waals surface area (Å²) in [5, 5.41) is 3.12. The van der Waals surface area contributed by atoms with Gasteiger partial charge in [-0.15, -0.1) is 0 Å². The van der Waals surface area contributed by atoms with Crippen LogP contribution in [-0.2, 0) is 0 Å². The molecule has 0 saturated carbocycles. The number of aromatic nitrogens is 2. The van der Waals surface area contributed by atoms with Gasteiger partial charge in [-0.2, -0.15) is 4.98 Å². The number of nitrogens with one attached hydrogen (secondary N) is 1. The van der Waals surface area contributed by atoms with Crippen molar-refractivity contribution in [1.82, 2.24) is 9.97 Å². The fourth-order valence-corrected chi connectivity index (χ4v) is 2.22. The van der Waals surface area contributed by atoms with Crippen molar-refractivity contribution >= 4 is 33.4 Å². The summed E-state index contributed by atoms with van der Waals surface area (Å²) < 4.78 is 1.02. The van der Waals surface area contributed by atoms with E-state index in [4.69, 9.17) is 5.73 Å². The molecule has 2 aromatic carbocycles. The van der Waals surface area contributed by atoms with Gasteiger partial charge in [-0.3, -0.25) is 0 Å². The first-order chi connectivity index (χ1) is 10.2. The van der Waals surface area contributed by atoms with Crippen LogP contribution in [0.1, 0.15) is 0 Å². The first kappa shape index (κ1) is 13.6. The predicted molar refractivity (Wildman–Crippen MR) is 89.3 cm³/mol. The molecule has 0 radical (unpaired) electrons. The first-order valence-corrected chi connectivity index (χ1v) is 7.22. The Morgan fingerprint density at radius 2 is 1.67 bits per heavy atom. The van der Waals surface area contributed by atoms with E-state index in [1.807, 2.05) is 54.6 Å². The van der Waals surface area contributed by atoms with Gasteiger partial charge in [-0.1, -0.05) is 46.3 Å². The average molecular weight is 341 g/mol. The van der Waals surface area contributed by atoms with Crippen molar-refractivity contribution in [3.63, 3.8) is 0 Å². The summed E-state index contributed by atoms with van der Waals surface area (Å²) in [6.45, 7) is 0. The summed E-state index contributed by atoms with van der Waals surface area (Å²) in [7, 11) is 0. The SMILES string of the molecule is Nc1nc(Nc2ccccc2)ncc1-c1ccc(Br)cc1. The first-order valence-electron chi connectivity index (χ1n) is 6.43. The number of rotatable bonds is 3. The molecule has 0 aliphatic heterocycles. The Balaban J connectivity index is 1.88. The lowest BCUT2D eigenvalue weighted by atomic mass is 10.1. The quantitative estimate of drug-likeness (QED) is 0.748. The van der Waals surface area contributed by atoms with Crippen LogP contribution in [-0.4, -0.2) is 9.97 Å². The van der Waals surface area contributed by atoms with Gasteiger partial charge < -0.3 is 11.1 Å². The number of hydrogen-bond donors (Lipinski definition) is 2. The molecule has 3 aromatic rings. The maximum absolute atomic E-state index is 6.04. The van der Waals surface area contributed by atoms with Gasteiger partial charge in [0.25, 0.3) is 0 Å². The van der Waals surface area contributed by atoms with Crippen LogP contribution in [0.5, 0.6) is 0 Å². The third kappa shape index (κ3) is 3.20. The van der Waals surface area contributed by atoms with Crippen molar-refractivity contribution < 1.29 is 0 Å². The van der Waals surface area contributed by atoms with Gasteiger partial charge in [-0.25, -0.2) is 4.98 Å². The number of benzene rings is 2. The second-order valence-corrected chi connectivity index (χ2v) is 5.41. The zero-order valence-corrected chi connectivity index (χ0v) is 12.7. The fourth-order valence-electron chi connectivity index (χ4n) is 1.96. The topological polar surface area (TPSA) is 63.8 Å². The molecule has 0 bridgehead atoms. The van der Waals surface area contributed by atoms with Gasteiger partial charge in [0.15, 0.2) is 0 Å². The average Bonchev–Trinajstić information content (AvgIpc) is 2.50. The Hall–Kier alpha value is -2.40. The van der Waals surface area contributed by atoms with E-state index in [0.717, 1.165) is 21.3 Å². The lowest BCUT2D eigenvalue weighted by molar-refractivity contribution is 1.18. The van der Waals surface area contributed by atoms with Crippen LogP contribution in [0.15, 0.2) is 65.3 Å². The molecule has 0 atom stereocenters. The largest absolute Gasteiger partial charge is 0.383 e. The van der Waals surface area contributed by atoms with Crippen molar-refractivity contribution in [2.24, 2.45) is 0 Å². The molecule has 0 spiro atoms. The molecule has 0 fully saturated rings. The van der Waals surface area contributed by atoms with Gasteiger partial charge >= 0.3 is 0 Å². The minimum atomic E-state index is 0.450. The van der Waals surface area contributed by atoms with E-state index in [0.29, 0.717) is 11.8 Å². The summed E-state index contributed by atoms with van der Waals surface area (Å²) in [4.78, 5) is 8.63. The number of halogens is 1. The van der Waals surface area contributed by atoms with Crippen molar-refractivity contribution in [3.05, 3.63) is 65.3 Å². The molecule has 3 rings (SSSR count). The lowest BCUT2D eigenvalue weighted by Gasteiger charge is -2.08. The molecule has 0 aliphatic carbocycles. The predicted octanol–water partition coefficient (Wildman–Crippen LogP) is 4.23. The normalized spacial score (nSPS) is 10.3. The van der Waals surface area contributed by atoms with E-state index in [9.17, 15) is 0 Å². The maximum atomic E-state index is 6.04. The monoisotopic (exact) mass is 340 g/mol. The molecule has 5 heteroatoms. The zero-order valence-electron chi connectivity index (χ0n) is 11.1. The third-order valence-corrected chi connectivity index (χ3v) is 3.53. The minimum absolute atomic E-state index is 0.450. The van der Waals surface area contributed by atoms with Gasteiger partial charge in [0.1, 0.15) is 5.82 Å². The molecular formula is C16H13BrN4. The Labute approximate surface area is 131 Å². The van der Waals surface area contributed by atoms with E-state index in [1.165, 1.54) is 0 Å². The molecular weight excluding hydrogens is 328 g/mol. The van der Waals surface area contributed by atoms with E-state index in [1.54, 1.807) is 6.20 Å². The Morgan fingerprint density at radius 1 is 0.952 bits per heavy atom. The van der Waals surface area contributed by atoms with Crippen LogP contribution in [0.25, 0.3) is 11.1 Å². The van der Waals surface area contributed by atoms with Gasteiger partial charge in [0.2, 0.25) is 5.95 Å². The summed E-state index contributed by atoms with van der Waals surface area (Å²) in [6.07, 6.45) is 1.73. The Morgan fingerprint density at radius 3 is 2.33 bits per heavy atom. The van der Waals surface area contributed by atoms with Crippen LogP contribution in [0.2, 0.25) is 0 Å². The van der Waals surface area contributed by atoms with Crippen molar-refractivity contribution in [2.45, 2.75) is 0 Å². The van der Waals surface area contributed by atoms with Gasteiger partial charge in [-0.05, 0) is 29.8 Å². The van der Waals surface area contributed by atoms with E-state index >= 15 is 0 Å². The Bertz CT molecular complexity index is 742. The molecule has 104 valence electrons. The van der Waals surface area contributed by atoms with Gasteiger partial charge in [0, 0.05) is 21.9 Å². The second kappa shape index (κ2) is 5.93. The molecule has 1 aromatic heterocycles. The highest BCUT2D eigenvalue weighted by Gasteiger charge is 2.06. The van der Waals surface area contributed by atoms with Crippen molar-refractivity contribution in [3.8, 4) is 11.1 Å². The van der Waals surface area contributed by atoms with Crippen molar-refractivity contribution in [2.75, 3.05) is 11.1 Å². The molecule has 3 N–H and O–H groups in total. The molecule has 0 aliphatic rings. The fraction of sp³-hybridized carbons (Fsp3) is 0. The molecule has 0 saturated heterocycles. The molecule has 0 unspecified atom stereocenters. The number of hydrogen-bond acceptors (Lipinski definition) is 4. The molecule has 0 amide bonds. The summed E-state index contributed by atoms with van der Waals surface area (Å²) >= 11 is 3.41. The Kier molecular flexibility index (Phi) is 3.83.